The molecule has 1 heterocycles. The van der Waals surface area contributed by atoms with Crippen LogP contribution in [0.2, 0.25) is 0 Å². The molecule has 0 bridgehead atoms. The van der Waals surface area contributed by atoms with Crippen LogP contribution in [0.4, 0.5) is 8.78 Å². The first-order valence-electron chi connectivity index (χ1n) is 10.2. The molecule has 0 saturated carbocycles. The average Bonchev–Trinajstić information content (AvgIpc) is 2.78. The number of aromatic nitrogens is 1. The van der Waals surface area contributed by atoms with E-state index in [1.807, 2.05) is 19.1 Å². The zero-order valence-corrected chi connectivity index (χ0v) is 18.9. The van der Waals surface area contributed by atoms with Gasteiger partial charge in [-0.25, -0.2) is 0 Å². The molecule has 0 aliphatic rings. The third-order valence-electron chi connectivity index (χ3n) is 5.17. The average molecular weight is 460 g/mol. The first kappa shape index (κ1) is 22.9. The molecule has 0 saturated heterocycles. The van der Waals surface area contributed by atoms with Crippen molar-refractivity contribution in [1.82, 2.24) is 10.3 Å². The normalized spacial score (nSPS) is 12.4. The molecule has 2 unspecified atom stereocenters. The molecule has 8 heteroatoms. The topological polar surface area (TPSA) is 51.2 Å². The summed E-state index contributed by atoms with van der Waals surface area (Å²) >= 11 is 0. The quantitative estimate of drug-likeness (QED) is 0.317. The fourth-order valence-electron chi connectivity index (χ4n) is 3.41. The van der Waals surface area contributed by atoms with Crippen LogP contribution in [0.3, 0.4) is 0 Å². The Balaban J connectivity index is 1.53. The lowest BCUT2D eigenvalue weighted by Gasteiger charge is -2.15. The van der Waals surface area contributed by atoms with Crippen molar-refractivity contribution < 1.29 is 18.3 Å². The van der Waals surface area contributed by atoms with Crippen LogP contribution in [-0.4, -0.2) is 18.7 Å². The number of ether oxygens (including phenoxy) is 1. The summed E-state index contributed by atoms with van der Waals surface area (Å²) in [6.45, 7) is 1.84. The van der Waals surface area contributed by atoms with E-state index in [-0.39, 0.29) is 17.5 Å². The van der Waals surface area contributed by atoms with E-state index < -0.39 is 5.66 Å². The van der Waals surface area contributed by atoms with Gasteiger partial charge in [-0.05, 0) is 66.9 Å². The highest BCUT2D eigenvalue weighted by atomic mass is 31.0. The fraction of sp³-hybridized carbons (Fsp3) is 0.120. The van der Waals surface area contributed by atoms with Crippen molar-refractivity contribution in [3.63, 3.8) is 0 Å². The van der Waals surface area contributed by atoms with Crippen LogP contribution in [-0.2, 0) is 5.66 Å². The van der Waals surface area contributed by atoms with Crippen LogP contribution in [0.5, 0.6) is 11.5 Å². The van der Waals surface area contributed by atoms with Gasteiger partial charge in [0.1, 0.15) is 19.3 Å². The number of carbonyl (C=O) groups is 1. The number of hydrogen-bond acceptors (Lipinski definition) is 3. The highest BCUT2D eigenvalue weighted by Crippen LogP contribution is 2.36. The largest absolute Gasteiger partial charge is 0.457 e. The Labute approximate surface area is 194 Å². The van der Waals surface area contributed by atoms with Crippen LogP contribution >= 0.6 is 9.24 Å². The summed E-state index contributed by atoms with van der Waals surface area (Å²) in [7, 11) is 7.31. The Morgan fingerprint density at radius 1 is 1.09 bits per heavy atom. The number of amides is 1. The van der Waals surface area contributed by atoms with Gasteiger partial charge in [0, 0.05) is 22.7 Å². The van der Waals surface area contributed by atoms with E-state index in [1.165, 1.54) is 33.5 Å². The Morgan fingerprint density at radius 3 is 2.55 bits per heavy atom. The SMILES string of the molecule is [B]c1ccnc(C(C)NC(=O)c2ccc3c(Oc4ccc(C(F)(F)P)cc4)cccc3c2)c1. The lowest BCUT2D eigenvalue weighted by atomic mass is 9.96. The van der Waals surface area contributed by atoms with E-state index in [1.54, 1.807) is 42.6 Å². The molecule has 1 amide bonds. The zero-order valence-electron chi connectivity index (χ0n) is 17.8. The minimum Gasteiger partial charge on any atom is -0.457 e. The maximum atomic E-state index is 13.4. The summed E-state index contributed by atoms with van der Waals surface area (Å²) in [6, 6.07) is 19.5. The minimum absolute atomic E-state index is 0.115. The van der Waals surface area contributed by atoms with E-state index in [0.29, 0.717) is 28.2 Å². The van der Waals surface area contributed by atoms with E-state index in [2.05, 4.69) is 10.3 Å². The van der Waals surface area contributed by atoms with E-state index in [0.717, 1.165) is 10.8 Å². The van der Waals surface area contributed by atoms with Crippen molar-refractivity contribution in [2.24, 2.45) is 0 Å². The van der Waals surface area contributed by atoms with Crippen molar-refractivity contribution in [3.8, 4) is 11.5 Å². The molecule has 0 aliphatic carbocycles. The van der Waals surface area contributed by atoms with Crippen LogP contribution < -0.4 is 15.5 Å². The fourth-order valence-corrected chi connectivity index (χ4v) is 3.61. The van der Waals surface area contributed by atoms with Crippen molar-refractivity contribution in [2.75, 3.05) is 0 Å². The number of nitrogens with one attached hydrogen (secondary N) is 1. The molecule has 0 aliphatic heterocycles. The number of benzene rings is 3. The number of pyridine rings is 1. The zero-order chi connectivity index (χ0) is 23.6. The summed E-state index contributed by atoms with van der Waals surface area (Å²) in [5.41, 5.74) is -1.37. The van der Waals surface area contributed by atoms with Gasteiger partial charge in [-0.15, -0.1) is 0 Å². The first-order chi connectivity index (χ1) is 15.7. The molecule has 3 aromatic carbocycles. The third-order valence-corrected chi connectivity index (χ3v) is 5.50. The van der Waals surface area contributed by atoms with Crippen molar-refractivity contribution >= 4 is 39.2 Å². The van der Waals surface area contributed by atoms with Gasteiger partial charge in [-0.3, -0.25) is 9.78 Å². The predicted molar refractivity (Wildman–Crippen MR) is 130 cm³/mol. The van der Waals surface area contributed by atoms with E-state index >= 15 is 0 Å². The van der Waals surface area contributed by atoms with Crippen molar-refractivity contribution in [3.05, 3.63) is 95.8 Å². The molecule has 4 aromatic rings. The number of hydrogen-bond donors (Lipinski definition) is 1. The Morgan fingerprint density at radius 2 is 1.85 bits per heavy atom. The maximum Gasteiger partial charge on any atom is 0.283 e. The van der Waals surface area contributed by atoms with Gasteiger partial charge < -0.3 is 10.1 Å². The summed E-state index contributed by atoms with van der Waals surface area (Å²) in [5.74, 6) is 0.752. The third kappa shape index (κ3) is 5.37. The van der Waals surface area contributed by atoms with Gasteiger partial charge in [0.15, 0.2) is 0 Å². The second-order valence-corrected chi connectivity index (χ2v) is 8.38. The standard InChI is InChI=1S/C25H20BF2N2O2P/c1-15(22-14-19(26)11-12-29-22)30-24(31)17-5-10-21-16(13-17)3-2-4-23(21)32-20-8-6-18(7-9-20)25(27,28)33/h2-15H,33H2,1H3,(H,30,31). The number of alkyl halides is 2. The molecule has 0 fully saturated rings. The number of nitrogens with zero attached hydrogens (tertiary/aromatic N) is 1. The molecule has 4 rings (SSSR count). The number of halogens is 2. The Hall–Kier alpha value is -3.31. The van der Waals surface area contributed by atoms with E-state index in [9.17, 15) is 13.6 Å². The van der Waals surface area contributed by atoms with Gasteiger partial charge in [0.05, 0.1) is 11.7 Å². The van der Waals surface area contributed by atoms with Gasteiger partial charge in [0.2, 0.25) is 0 Å². The monoisotopic (exact) mass is 460 g/mol. The Kier molecular flexibility index (Phi) is 6.43. The molecule has 1 aromatic heterocycles. The second-order valence-electron chi connectivity index (χ2n) is 7.65. The van der Waals surface area contributed by atoms with Crippen LogP contribution in [0, 0.1) is 0 Å². The van der Waals surface area contributed by atoms with E-state index in [4.69, 9.17) is 12.6 Å². The summed E-state index contributed by atoms with van der Waals surface area (Å²) in [6.07, 6.45) is 1.60. The number of rotatable bonds is 6. The molecular formula is C25H20BF2N2O2P. The minimum atomic E-state index is -2.99. The number of carbonyl (C=O) groups excluding carboxylic acids is 1. The molecule has 164 valence electrons. The summed E-state index contributed by atoms with van der Waals surface area (Å²) in [5, 5.41) is 4.53. The maximum absolute atomic E-state index is 13.4. The van der Waals surface area contributed by atoms with Crippen LogP contribution in [0.15, 0.2) is 79.0 Å². The van der Waals surface area contributed by atoms with Crippen molar-refractivity contribution in [2.45, 2.75) is 18.6 Å². The van der Waals surface area contributed by atoms with Gasteiger partial charge in [0.25, 0.3) is 11.6 Å². The van der Waals surface area contributed by atoms with Gasteiger partial charge in [-0.1, -0.05) is 32.9 Å². The highest BCUT2D eigenvalue weighted by molar-refractivity contribution is 7.17. The molecule has 1 N–H and O–H groups in total. The summed E-state index contributed by atoms with van der Waals surface area (Å²) in [4.78, 5) is 17.0. The number of fused-ring (bicyclic) bond motifs is 1. The second kappa shape index (κ2) is 9.28. The Bertz CT molecular complexity index is 1310. The smallest absolute Gasteiger partial charge is 0.283 e. The molecule has 2 radical (unpaired) electrons. The molecular weight excluding hydrogens is 440 g/mol. The molecule has 0 spiro atoms. The van der Waals surface area contributed by atoms with Crippen LogP contribution in [0.1, 0.15) is 34.6 Å². The van der Waals surface area contributed by atoms with Crippen LogP contribution in [0.25, 0.3) is 10.8 Å². The van der Waals surface area contributed by atoms with Gasteiger partial charge >= 0.3 is 0 Å². The van der Waals surface area contributed by atoms with Gasteiger partial charge in [-0.2, -0.15) is 8.78 Å². The summed E-state index contributed by atoms with van der Waals surface area (Å²) < 4.78 is 32.7. The lowest BCUT2D eigenvalue weighted by Crippen LogP contribution is -2.27. The molecule has 4 nitrogen and oxygen atoms in total. The molecule has 2 atom stereocenters. The first-order valence-corrected chi connectivity index (χ1v) is 10.8. The van der Waals surface area contributed by atoms with Crippen molar-refractivity contribution in [1.29, 1.82) is 0 Å². The molecule has 33 heavy (non-hydrogen) atoms. The predicted octanol–water partition coefficient (Wildman–Crippen LogP) is 5.24. The lowest BCUT2D eigenvalue weighted by molar-refractivity contribution is 0.0938. The highest BCUT2D eigenvalue weighted by Gasteiger charge is 2.24.